The van der Waals surface area contributed by atoms with Gasteiger partial charge in [0.1, 0.15) is 6.26 Å². The molecule has 0 aliphatic carbocycles. The number of hydrogen-bond donors (Lipinski definition) is 0. The summed E-state index contributed by atoms with van der Waals surface area (Å²) >= 11 is 0. The van der Waals surface area contributed by atoms with Crippen LogP contribution in [0.25, 0.3) is 0 Å². The molecule has 0 aromatic rings. The minimum Gasteiger partial charge on any atom is -0.838 e. The summed E-state index contributed by atoms with van der Waals surface area (Å²) in [6.45, 7) is 4.17. The minimum atomic E-state index is -2.85. The second kappa shape index (κ2) is 22.7. The van der Waals surface area contributed by atoms with Crippen LogP contribution in [0.1, 0.15) is 1.43 Å². The Morgan fingerprint density at radius 2 is 1.33 bits per heavy atom. The quantitative estimate of drug-likeness (QED) is 0.182. The maximum atomic E-state index is 8.58. The third-order valence-corrected chi connectivity index (χ3v) is 0. The van der Waals surface area contributed by atoms with Crippen LogP contribution in [0, 0.1) is 17.4 Å². The average molecular weight is 529 g/mol. The fourth-order valence-electron chi connectivity index (χ4n) is 0. The Balaban J connectivity index is -0.0000000131. The summed E-state index contributed by atoms with van der Waals surface area (Å²) in [4.78, 5) is 0. The maximum absolute atomic E-state index is 8.58. The molecule has 0 amide bonds. The molecule has 0 rings (SSSR count). The molecule has 4 nitrogen and oxygen atoms in total. The first kappa shape index (κ1) is 22.4. The molecule has 0 N–H and O–H groups in total. The van der Waals surface area contributed by atoms with Gasteiger partial charge in [-0.05, 0) is 0 Å². The van der Waals surface area contributed by atoms with Crippen molar-refractivity contribution in [3.8, 4) is 0 Å². The summed E-state index contributed by atoms with van der Waals surface area (Å²) in [5, 5.41) is 8.58. The summed E-state index contributed by atoms with van der Waals surface area (Å²) in [7, 11) is -2.85. The van der Waals surface area contributed by atoms with E-state index in [2.05, 4.69) is 6.58 Å². The second-order valence-electron chi connectivity index (χ2n) is 0.325. The van der Waals surface area contributed by atoms with Gasteiger partial charge in [-0.1, -0.05) is 0 Å². The van der Waals surface area contributed by atoms with Gasteiger partial charge in [0.2, 0.25) is 0 Å². The fraction of sp³-hybridized carbons (Fsp3) is 0. The van der Waals surface area contributed by atoms with Gasteiger partial charge in [0, 0.05) is 29.1 Å². The number of hydrogen-bond acceptors (Lipinski definition) is 4. The van der Waals surface area contributed by atoms with Crippen molar-refractivity contribution < 1.29 is 86.6 Å². The van der Waals surface area contributed by atoms with Crippen LogP contribution in [0.3, 0.4) is 0 Å². The molecule has 0 fully saturated rings. The molecule has 0 atom stereocenters. The van der Waals surface area contributed by atoms with Crippen molar-refractivity contribution in [1.29, 1.82) is 0 Å². The average Bonchev–Trinajstić information content (AvgIpc) is 1.33. The minimum absolute atomic E-state index is 0. The Labute approximate surface area is 98.5 Å². The topological polar surface area (TPSA) is 92.2 Å². The zero-order valence-electron chi connectivity index (χ0n) is 4.58. The predicted octanol–water partition coefficient (Wildman–Crippen LogP) is -4.03. The molecule has 0 aromatic heterocycles. The van der Waals surface area contributed by atoms with Crippen LogP contribution in [0.4, 0.5) is 0 Å². The standard InChI is InChI=1S/C2H2O.ClO3.2Hg.H2/c1-2-3;2-1(3)4;;;/h1-2H;;;;1H/q;-1;;+1;. The molecule has 0 unspecified atom stereocenters. The molecule has 1 radical (unpaired) electrons. The van der Waals surface area contributed by atoms with Crippen LogP contribution in [-0.2, 0) is 55.3 Å². The van der Waals surface area contributed by atoms with Crippen LogP contribution in [0.2, 0.25) is 0 Å². The molecule has 0 saturated carbocycles. The molecule has 0 bridgehead atoms. The Morgan fingerprint density at radius 1 is 1.33 bits per heavy atom. The number of rotatable bonds is 0. The van der Waals surface area contributed by atoms with E-state index in [9.17, 15) is 0 Å². The van der Waals surface area contributed by atoms with Gasteiger partial charge in [-0.3, -0.25) is 0 Å². The maximum Gasteiger partial charge on any atom is 1.00 e. The molecule has 9 heavy (non-hydrogen) atoms. The molecule has 0 aliphatic heterocycles. The van der Waals surface area contributed by atoms with Gasteiger partial charge in [0.15, 0.2) is 6.58 Å². The van der Waals surface area contributed by atoms with E-state index in [1.54, 1.807) is 0 Å². The van der Waals surface area contributed by atoms with E-state index in [0.717, 1.165) is 0 Å². The first-order valence-corrected chi connectivity index (χ1v) is 1.96. The molecule has 0 saturated heterocycles. The van der Waals surface area contributed by atoms with Gasteiger partial charge in [-0.15, -0.1) is 0 Å². The van der Waals surface area contributed by atoms with E-state index in [4.69, 9.17) is 19.1 Å². The monoisotopic (exact) mass is 531 g/mol. The Morgan fingerprint density at radius 3 is 1.33 bits per heavy atom. The van der Waals surface area contributed by atoms with Crippen molar-refractivity contribution in [2.45, 2.75) is 0 Å². The second-order valence-corrected chi connectivity index (χ2v) is 0.703. The van der Waals surface area contributed by atoms with Gasteiger partial charge in [0.25, 0.3) is 0 Å². The van der Waals surface area contributed by atoms with Gasteiger partial charge < -0.3 is 19.1 Å². The van der Waals surface area contributed by atoms with Crippen LogP contribution < -0.4 is 19.1 Å². The molecule has 0 heterocycles. The van der Waals surface area contributed by atoms with Crippen LogP contribution >= 0.6 is 0 Å². The largest absolute Gasteiger partial charge is 1.00 e. The van der Waals surface area contributed by atoms with Crippen molar-refractivity contribution in [3.05, 3.63) is 12.8 Å². The van der Waals surface area contributed by atoms with E-state index in [-0.39, 0.29) is 63.0 Å². The predicted molar refractivity (Wildman–Crippen MR) is 11.0 cm³/mol. The van der Waals surface area contributed by atoms with Crippen molar-refractivity contribution >= 4 is 0 Å². The summed E-state index contributed by atoms with van der Waals surface area (Å²) in [5.41, 5.74) is 0. The van der Waals surface area contributed by atoms with E-state index >= 15 is 0 Å². The normalized spacial score (nSPS) is 5.22. The van der Waals surface area contributed by atoms with Crippen molar-refractivity contribution in [2.24, 2.45) is 0 Å². The van der Waals surface area contributed by atoms with Crippen LogP contribution in [-0.4, -0.2) is 0 Å². The summed E-state index contributed by atoms with van der Waals surface area (Å²) in [5.74, 6) is 0. The molecular weight excluding hydrogens is 525 g/mol. The molecule has 0 aromatic carbocycles. The zero-order chi connectivity index (χ0) is 6.28. The SMILES string of the molecule is [CH+]=C[O-].[HH].[Hg+].[Hg].[O-][Cl+2]([O-])[O-]. The summed E-state index contributed by atoms with van der Waals surface area (Å²) in [6, 6.07) is 0. The van der Waals surface area contributed by atoms with E-state index in [1.165, 1.54) is 0 Å². The molecule has 0 aliphatic rings. The van der Waals surface area contributed by atoms with E-state index < -0.39 is 10.8 Å². The Kier molecular flexibility index (Phi) is 56.6. The summed E-state index contributed by atoms with van der Waals surface area (Å²) in [6.07, 6.45) is 0.250. The molecular formula is C2H4ClHg2O4. The first-order chi connectivity index (χ1) is 3.15. The third-order valence-electron chi connectivity index (χ3n) is 0. The molecule has 7 heteroatoms. The van der Waals surface area contributed by atoms with Gasteiger partial charge in [-0.2, -0.15) is 0 Å². The Hall–Kier alpha value is 1.49. The zero-order valence-corrected chi connectivity index (χ0v) is 16.3. The first-order valence-electron chi connectivity index (χ1n) is 1.03. The van der Waals surface area contributed by atoms with Gasteiger partial charge in [-0.25, -0.2) is 0 Å². The van der Waals surface area contributed by atoms with Gasteiger partial charge in [0.05, 0.1) is 10.8 Å². The fourth-order valence-corrected chi connectivity index (χ4v) is 0. The third kappa shape index (κ3) is 240. The van der Waals surface area contributed by atoms with Crippen LogP contribution in [0.5, 0.6) is 0 Å². The van der Waals surface area contributed by atoms with E-state index in [1.807, 2.05) is 0 Å². The van der Waals surface area contributed by atoms with Crippen molar-refractivity contribution in [1.82, 2.24) is 0 Å². The summed E-state index contributed by atoms with van der Waals surface area (Å²) < 4.78 is 25.2. The van der Waals surface area contributed by atoms with Crippen molar-refractivity contribution in [2.75, 3.05) is 0 Å². The van der Waals surface area contributed by atoms with Crippen LogP contribution in [0.15, 0.2) is 6.26 Å². The van der Waals surface area contributed by atoms with Crippen molar-refractivity contribution in [3.63, 3.8) is 0 Å². The number of halogens is 1. The van der Waals surface area contributed by atoms with E-state index in [0.29, 0.717) is 0 Å². The Bertz CT molecular complexity index is 45.5. The molecule has 0 spiro atoms. The molecule has 47 valence electrons. The smallest absolute Gasteiger partial charge is 0.838 e. The van der Waals surface area contributed by atoms with Gasteiger partial charge >= 0.3 is 27.7 Å².